The van der Waals surface area contributed by atoms with Crippen molar-refractivity contribution in [3.8, 4) is 11.5 Å². The van der Waals surface area contributed by atoms with Crippen LogP contribution in [-0.2, 0) is 21.3 Å². The van der Waals surface area contributed by atoms with Crippen molar-refractivity contribution < 1.29 is 22.4 Å². The summed E-state index contributed by atoms with van der Waals surface area (Å²) in [6, 6.07) is 3.15. The molecule has 1 aliphatic heterocycles. The van der Waals surface area contributed by atoms with Gasteiger partial charge in [-0.25, -0.2) is 8.42 Å². The Morgan fingerprint density at radius 2 is 2.10 bits per heavy atom. The number of nitrogens with zero attached hydrogens (tertiary/aromatic N) is 2. The first-order valence-corrected chi connectivity index (χ1v) is 8.20. The molecule has 21 heavy (non-hydrogen) atoms. The summed E-state index contributed by atoms with van der Waals surface area (Å²) < 4.78 is 39.5. The number of benzene rings is 1. The first-order chi connectivity index (χ1) is 9.93. The average Bonchev–Trinajstić information content (AvgIpc) is 2.97. The molecule has 0 saturated heterocycles. The second-order valence-corrected chi connectivity index (χ2v) is 7.05. The molecule has 0 N–H and O–H groups in total. The molecule has 9 heteroatoms. The molecular weight excluding hydrogens is 320 g/mol. The number of halogens is 1. The van der Waals surface area contributed by atoms with Crippen LogP contribution in [0.25, 0.3) is 0 Å². The van der Waals surface area contributed by atoms with Crippen molar-refractivity contribution in [2.75, 3.05) is 6.79 Å². The average molecular weight is 331 g/mol. The Morgan fingerprint density at radius 1 is 1.29 bits per heavy atom. The Morgan fingerprint density at radius 3 is 2.81 bits per heavy atom. The van der Waals surface area contributed by atoms with Crippen LogP contribution in [0.5, 0.6) is 11.5 Å². The van der Waals surface area contributed by atoms with Crippen molar-refractivity contribution in [2.45, 2.75) is 18.4 Å². The summed E-state index contributed by atoms with van der Waals surface area (Å²) in [5.74, 6) is 0.822. The summed E-state index contributed by atoms with van der Waals surface area (Å²) in [5.41, 5.74) is 0.514. The second-order valence-electron chi connectivity index (χ2n) is 4.58. The van der Waals surface area contributed by atoms with Crippen LogP contribution in [0.3, 0.4) is 0 Å². The van der Waals surface area contributed by atoms with Gasteiger partial charge >= 0.3 is 0 Å². The quantitative estimate of drug-likeness (QED) is 0.845. The molecule has 1 aromatic heterocycles. The van der Waals surface area contributed by atoms with Crippen molar-refractivity contribution in [1.82, 2.24) is 10.1 Å². The van der Waals surface area contributed by atoms with Gasteiger partial charge in [0.15, 0.2) is 27.2 Å². The number of ether oxygens (including phenoxy) is 2. The van der Waals surface area contributed by atoms with Gasteiger partial charge in [0, 0.05) is 0 Å². The van der Waals surface area contributed by atoms with Gasteiger partial charge in [0.1, 0.15) is 5.75 Å². The predicted octanol–water partition coefficient (Wildman–Crippen LogP) is 1.88. The third-order valence-electron chi connectivity index (χ3n) is 2.79. The summed E-state index contributed by atoms with van der Waals surface area (Å²) in [5, 5.41) is 3.88. The predicted molar refractivity (Wildman–Crippen MR) is 72.9 cm³/mol. The van der Waals surface area contributed by atoms with E-state index in [1.54, 1.807) is 19.1 Å². The SMILES string of the molecule is Cc1noc(CS(=O)(=O)Cc2cc(Cl)c3c(c2)OCO3)n1. The molecule has 0 unspecified atom stereocenters. The Bertz CT molecular complexity index is 787. The second kappa shape index (κ2) is 5.19. The van der Waals surface area contributed by atoms with Gasteiger partial charge in [-0.1, -0.05) is 16.8 Å². The Balaban J connectivity index is 1.81. The van der Waals surface area contributed by atoms with Crippen LogP contribution in [0.4, 0.5) is 0 Å². The van der Waals surface area contributed by atoms with Gasteiger partial charge in [-0.2, -0.15) is 4.98 Å². The topological polar surface area (TPSA) is 91.5 Å². The minimum Gasteiger partial charge on any atom is -0.454 e. The van der Waals surface area contributed by atoms with Crippen LogP contribution in [0, 0.1) is 6.92 Å². The van der Waals surface area contributed by atoms with Crippen LogP contribution in [0.15, 0.2) is 16.7 Å². The zero-order valence-corrected chi connectivity index (χ0v) is 12.6. The minimum atomic E-state index is -3.46. The summed E-state index contributed by atoms with van der Waals surface area (Å²) in [7, 11) is -3.46. The lowest BCUT2D eigenvalue weighted by molar-refractivity contribution is 0.174. The molecule has 0 saturated carbocycles. The van der Waals surface area contributed by atoms with Crippen molar-refractivity contribution in [3.05, 3.63) is 34.4 Å². The van der Waals surface area contributed by atoms with Crippen LogP contribution in [0.2, 0.25) is 5.02 Å². The highest BCUT2D eigenvalue weighted by Gasteiger charge is 2.22. The molecular formula is C12H11ClN2O5S. The van der Waals surface area contributed by atoms with E-state index < -0.39 is 9.84 Å². The van der Waals surface area contributed by atoms with Gasteiger partial charge in [-0.15, -0.1) is 0 Å². The molecule has 7 nitrogen and oxygen atoms in total. The largest absolute Gasteiger partial charge is 0.454 e. The maximum atomic E-state index is 12.1. The van der Waals surface area contributed by atoms with E-state index in [1.165, 1.54) is 0 Å². The molecule has 1 aliphatic rings. The van der Waals surface area contributed by atoms with E-state index in [4.69, 9.17) is 25.6 Å². The summed E-state index contributed by atoms with van der Waals surface area (Å²) >= 11 is 6.03. The molecule has 0 bridgehead atoms. The number of fused-ring (bicyclic) bond motifs is 1. The van der Waals surface area contributed by atoms with Gasteiger partial charge in [-0.3, -0.25) is 0 Å². The lowest BCUT2D eigenvalue weighted by atomic mass is 10.2. The summed E-state index contributed by atoms with van der Waals surface area (Å²) in [6.45, 7) is 1.70. The number of sulfone groups is 1. The zero-order chi connectivity index (χ0) is 15.0. The number of rotatable bonds is 4. The van der Waals surface area contributed by atoms with Gasteiger partial charge < -0.3 is 14.0 Å². The fourth-order valence-corrected chi connectivity index (χ4v) is 3.55. The van der Waals surface area contributed by atoms with Gasteiger partial charge in [0.2, 0.25) is 12.7 Å². The van der Waals surface area contributed by atoms with E-state index in [0.717, 1.165) is 0 Å². The van der Waals surface area contributed by atoms with E-state index in [1.807, 2.05) is 0 Å². The molecule has 2 heterocycles. The molecule has 0 amide bonds. The van der Waals surface area contributed by atoms with E-state index in [-0.39, 0.29) is 24.2 Å². The molecule has 2 aromatic rings. The molecule has 0 fully saturated rings. The number of hydrogen-bond acceptors (Lipinski definition) is 7. The lowest BCUT2D eigenvalue weighted by Crippen LogP contribution is -2.08. The first kappa shape index (κ1) is 14.2. The van der Waals surface area contributed by atoms with Crippen LogP contribution in [0.1, 0.15) is 17.3 Å². The van der Waals surface area contributed by atoms with Crippen molar-refractivity contribution in [2.24, 2.45) is 0 Å². The highest BCUT2D eigenvalue weighted by atomic mass is 35.5. The Kier molecular flexibility index (Phi) is 3.50. The van der Waals surface area contributed by atoms with E-state index in [2.05, 4.69) is 10.1 Å². The molecule has 1 aromatic carbocycles. The Hall–Kier alpha value is -1.80. The third-order valence-corrected chi connectivity index (χ3v) is 4.53. The highest BCUT2D eigenvalue weighted by Crippen LogP contribution is 2.40. The smallest absolute Gasteiger partial charge is 0.241 e. The maximum Gasteiger partial charge on any atom is 0.241 e. The molecule has 0 atom stereocenters. The Labute approximate surface area is 125 Å². The highest BCUT2D eigenvalue weighted by molar-refractivity contribution is 7.89. The monoisotopic (exact) mass is 330 g/mol. The van der Waals surface area contributed by atoms with Crippen LogP contribution >= 0.6 is 11.6 Å². The summed E-state index contributed by atoms with van der Waals surface area (Å²) in [4.78, 5) is 3.89. The third kappa shape index (κ3) is 3.11. The zero-order valence-electron chi connectivity index (χ0n) is 11.0. The van der Waals surface area contributed by atoms with E-state index >= 15 is 0 Å². The van der Waals surface area contributed by atoms with Crippen molar-refractivity contribution in [1.29, 1.82) is 0 Å². The fraction of sp³-hybridized carbons (Fsp3) is 0.333. The van der Waals surface area contributed by atoms with Gasteiger partial charge in [-0.05, 0) is 24.6 Å². The summed E-state index contributed by atoms with van der Waals surface area (Å²) in [6.07, 6.45) is 0. The van der Waals surface area contributed by atoms with Crippen LogP contribution in [-0.4, -0.2) is 25.4 Å². The molecule has 0 aliphatic carbocycles. The lowest BCUT2D eigenvalue weighted by Gasteiger charge is -2.05. The first-order valence-electron chi connectivity index (χ1n) is 6.00. The molecule has 3 rings (SSSR count). The fourth-order valence-electron chi connectivity index (χ4n) is 2.00. The van der Waals surface area contributed by atoms with Gasteiger partial charge in [0.05, 0.1) is 10.8 Å². The van der Waals surface area contributed by atoms with Gasteiger partial charge in [0.25, 0.3) is 0 Å². The van der Waals surface area contributed by atoms with Crippen molar-refractivity contribution >= 4 is 21.4 Å². The van der Waals surface area contributed by atoms with Crippen molar-refractivity contribution in [3.63, 3.8) is 0 Å². The molecule has 112 valence electrons. The van der Waals surface area contributed by atoms with E-state index in [0.29, 0.717) is 27.9 Å². The standard InChI is InChI=1S/C12H11ClN2O5S/c1-7-14-11(20-15-7)5-21(16,17)4-8-2-9(13)12-10(3-8)18-6-19-12/h2-3H,4-6H2,1H3. The number of aromatic nitrogens is 2. The maximum absolute atomic E-state index is 12.1. The van der Waals surface area contributed by atoms with E-state index in [9.17, 15) is 8.42 Å². The number of aryl methyl sites for hydroxylation is 1. The molecule has 0 radical (unpaired) electrons. The van der Waals surface area contributed by atoms with Crippen LogP contribution < -0.4 is 9.47 Å². The number of hydrogen-bond donors (Lipinski definition) is 0. The normalized spacial score (nSPS) is 13.6. The minimum absolute atomic E-state index is 0.0688. The molecule has 0 spiro atoms.